The van der Waals surface area contributed by atoms with Gasteiger partial charge in [-0.3, -0.25) is 14.6 Å². The molecule has 1 unspecified atom stereocenters. The minimum absolute atomic E-state index is 0.239. The van der Waals surface area contributed by atoms with E-state index >= 15 is 0 Å². The predicted octanol–water partition coefficient (Wildman–Crippen LogP) is -0.133. The van der Waals surface area contributed by atoms with Crippen molar-refractivity contribution >= 4 is 17.6 Å². The van der Waals surface area contributed by atoms with E-state index in [1.807, 2.05) is 0 Å². The lowest BCUT2D eigenvalue weighted by Gasteiger charge is -2.08. The second-order valence-corrected chi connectivity index (χ2v) is 3.04. The van der Waals surface area contributed by atoms with E-state index in [2.05, 4.69) is 10.3 Å². The molecule has 0 radical (unpaired) electrons. The summed E-state index contributed by atoms with van der Waals surface area (Å²) in [4.78, 5) is 25.6. The van der Waals surface area contributed by atoms with Gasteiger partial charge < -0.3 is 16.2 Å². The van der Waals surface area contributed by atoms with Crippen molar-refractivity contribution in [2.45, 2.75) is 13.0 Å². The smallest absolute Gasteiger partial charge is 0.325 e. The van der Waals surface area contributed by atoms with Gasteiger partial charge in [-0.1, -0.05) is 0 Å². The molecule has 0 aliphatic rings. The van der Waals surface area contributed by atoms with Gasteiger partial charge in [0.15, 0.2) is 0 Å². The first-order valence-corrected chi connectivity index (χ1v) is 4.25. The van der Waals surface area contributed by atoms with Gasteiger partial charge in [0.05, 0.1) is 11.3 Å². The summed E-state index contributed by atoms with van der Waals surface area (Å²) in [5.74, 6) is -1.61. The molecule has 1 aromatic rings. The maximum Gasteiger partial charge on any atom is 0.325 e. The van der Waals surface area contributed by atoms with Crippen LogP contribution in [0, 0.1) is 0 Å². The van der Waals surface area contributed by atoms with Gasteiger partial charge in [0, 0.05) is 12.4 Å². The molecule has 1 heterocycles. The summed E-state index contributed by atoms with van der Waals surface area (Å²) in [6, 6.07) is 0.482. The number of anilines is 1. The highest BCUT2D eigenvalue weighted by molar-refractivity contribution is 5.96. The van der Waals surface area contributed by atoms with E-state index in [1.165, 1.54) is 25.4 Å². The minimum atomic E-state index is -1.10. The van der Waals surface area contributed by atoms with Crippen LogP contribution in [0.15, 0.2) is 18.5 Å². The molecule has 80 valence electrons. The first-order valence-electron chi connectivity index (χ1n) is 4.25. The van der Waals surface area contributed by atoms with Crippen LogP contribution in [0.5, 0.6) is 0 Å². The van der Waals surface area contributed by atoms with Crippen LogP contribution in [0.1, 0.15) is 17.3 Å². The summed E-state index contributed by atoms with van der Waals surface area (Å²) in [5.41, 5.74) is 6.02. The molecule has 1 atom stereocenters. The van der Waals surface area contributed by atoms with Crippen LogP contribution in [0.25, 0.3) is 0 Å². The Bertz CT molecular complexity index is 392. The summed E-state index contributed by atoms with van der Waals surface area (Å²) in [5, 5.41) is 10.9. The van der Waals surface area contributed by atoms with E-state index in [-0.39, 0.29) is 5.56 Å². The number of pyridine rings is 1. The molecule has 0 fully saturated rings. The highest BCUT2D eigenvalue weighted by atomic mass is 16.4. The fraction of sp³-hybridized carbons (Fsp3) is 0.222. The maximum absolute atomic E-state index is 11.4. The van der Waals surface area contributed by atoms with Gasteiger partial charge in [0.25, 0.3) is 5.91 Å². The average Bonchev–Trinajstić information content (AvgIpc) is 2.17. The number of carbonyl (C=O) groups excluding carboxylic acids is 1. The molecular weight excluding hydrogens is 198 g/mol. The number of hydrogen-bond donors (Lipinski definition) is 3. The first-order chi connectivity index (χ1) is 7.00. The number of nitrogens with one attached hydrogen (secondary N) is 1. The van der Waals surface area contributed by atoms with Crippen molar-refractivity contribution in [2.75, 3.05) is 5.73 Å². The number of rotatable bonds is 3. The normalized spacial score (nSPS) is 11.8. The highest BCUT2D eigenvalue weighted by Gasteiger charge is 2.15. The third kappa shape index (κ3) is 2.94. The number of nitrogens with two attached hydrogens (primary N) is 1. The number of hydrogen-bond acceptors (Lipinski definition) is 4. The molecule has 1 rings (SSSR count). The molecule has 6 heteroatoms. The number of aliphatic carboxylic acids is 1. The highest BCUT2D eigenvalue weighted by Crippen LogP contribution is 2.03. The summed E-state index contributed by atoms with van der Waals surface area (Å²) < 4.78 is 0. The molecule has 15 heavy (non-hydrogen) atoms. The summed E-state index contributed by atoms with van der Waals surface area (Å²) in [6.07, 6.45) is 2.72. The van der Waals surface area contributed by atoms with Crippen molar-refractivity contribution in [1.29, 1.82) is 0 Å². The van der Waals surface area contributed by atoms with Gasteiger partial charge in [-0.25, -0.2) is 0 Å². The number of carboxylic acid groups (broad SMARTS) is 1. The molecule has 1 aromatic heterocycles. The first kappa shape index (κ1) is 11.0. The lowest BCUT2D eigenvalue weighted by Crippen LogP contribution is -2.38. The molecule has 0 aliphatic heterocycles. The van der Waals surface area contributed by atoms with Gasteiger partial charge >= 0.3 is 5.97 Å². The average molecular weight is 209 g/mol. The Morgan fingerprint density at radius 2 is 2.20 bits per heavy atom. The van der Waals surface area contributed by atoms with E-state index in [0.717, 1.165) is 0 Å². The topological polar surface area (TPSA) is 105 Å². The van der Waals surface area contributed by atoms with E-state index in [0.29, 0.717) is 5.69 Å². The van der Waals surface area contributed by atoms with Gasteiger partial charge in [0.1, 0.15) is 6.04 Å². The fourth-order valence-electron chi connectivity index (χ4n) is 0.924. The Labute approximate surface area is 86.1 Å². The predicted molar refractivity (Wildman–Crippen MR) is 53.2 cm³/mol. The lowest BCUT2D eigenvalue weighted by atomic mass is 10.2. The Kier molecular flexibility index (Phi) is 3.22. The van der Waals surface area contributed by atoms with Gasteiger partial charge in [0.2, 0.25) is 0 Å². The maximum atomic E-state index is 11.4. The van der Waals surface area contributed by atoms with Crippen LogP contribution in [0.4, 0.5) is 5.69 Å². The summed E-state index contributed by atoms with van der Waals surface area (Å²) in [7, 11) is 0. The van der Waals surface area contributed by atoms with Crippen LogP contribution in [0.2, 0.25) is 0 Å². The number of nitrogens with zero attached hydrogens (tertiary/aromatic N) is 1. The zero-order chi connectivity index (χ0) is 11.4. The van der Waals surface area contributed by atoms with Crippen molar-refractivity contribution in [2.24, 2.45) is 0 Å². The standard InChI is InChI=1S/C9H11N3O3/c1-5(9(14)15)12-8(13)6-2-7(10)4-11-3-6/h2-5H,10H2,1H3,(H,12,13)(H,14,15). The molecule has 0 spiro atoms. The number of carbonyl (C=O) groups is 2. The Balaban J connectivity index is 2.73. The second-order valence-electron chi connectivity index (χ2n) is 3.04. The minimum Gasteiger partial charge on any atom is -0.480 e. The van der Waals surface area contributed by atoms with E-state index in [1.54, 1.807) is 0 Å². The summed E-state index contributed by atoms with van der Waals surface area (Å²) >= 11 is 0. The van der Waals surface area contributed by atoms with Crippen LogP contribution < -0.4 is 11.1 Å². The fourth-order valence-corrected chi connectivity index (χ4v) is 0.924. The van der Waals surface area contributed by atoms with Gasteiger partial charge in [-0.2, -0.15) is 0 Å². The zero-order valence-electron chi connectivity index (χ0n) is 8.10. The number of nitrogen functional groups attached to an aromatic ring is 1. The quantitative estimate of drug-likeness (QED) is 0.642. The molecule has 0 aromatic carbocycles. The third-order valence-corrected chi connectivity index (χ3v) is 1.74. The molecule has 0 aliphatic carbocycles. The van der Waals surface area contributed by atoms with Crippen molar-refractivity contribution in [3.63, 3.8) is 0 Å². The van der Waals surface area contributed by atoms with Crippen molar-refractivity contribution in [3.05, 3.63) is 24.0 Å². The Hall–Kier alpha value is -2.11. The molecule has 1 amide bonds. The Morgan fingerprint density at radius 1 is 1.53 bits per heavy atom. The van der Waals surface area contributed by atoms with Crippen molar-refractivity contribution in [1.82, 2.24) is 10.3 Å². The van der Waals surface area contributed by atoms with Crippen molar-refractivity contribution < 1.29 is 14.7 Å². The molecule has 0 saturated carbocycles. The van der Waals surface area contributed by atoms with Gasteiger partial charge in [-0.15, -0.1) is 0 Å². The van der Waals surface area contributed by atoms with E-state index in [4.69, 9.17) is 10.8 Å². The number of amides is 1. The Morgan fingerprint density at radius 3 is 2.73 bits per heavy atom. The molecule has 0 saturated heterocycles. The SMILES string of the molecule is CC(NC(=O)c1cncc(N)c1)C(=O)O. The van der Waals surface area contributed by atoms with Gasteiger partial charge in [-0.05, 0) is 13.0 Å². The zero-order valence-corrected chi connectivity index (χ0v) is 8.10. The molecule has 0 bridgehead atoms. The molecule has 6 nitrogen and oxygen atoms in total. The van der Waals surface area contributed by atoms with Crippen LogP contribution in [0.3, 0.4) is 0 Å². The van der Waals surface area contributed by atoms with Crippen LogP contribution >= 0.6 is 0 Å². The monoisotopic (exact) mass is 209 g/mol. The van der Waals surface area contributed by atoms with E-state index in [9.17, 15) is 9.59 Å². The third-order valence-electron chi connectivity index (χ3n) is 1.74. The van der Waals surface area contributed by atoms with Crippen LogP contribution in [-0.4, -0.2) is 28.0 Å². The second kappa shape index (κ2) is 4.41. The largest absolute Gasteiger partial charge is 0.480 e. The number of carboxylic acids is 1. The molecule has 4 N–H and O–H groups in total. The van der Waals surface area contributed by atoms with E-state index < -0.39 is 17.9 Å². The van der Waals surface area contributed by atoms with Crippen LogP contribution in [-0.2, 0) is 4.79 Å². The summed E-state index contributed by atoms with van der Waals surface area (Å²) in [6.45, 7) is 1.37. The molecular formula is C9H11N3O3. The number of aromatic nitrogens is 1. The van der Waals surface area contributed by atoms with Crippen molar-refractivity contribution in [3.8, 4) is 0 Å². The lowest BCUT2D eigenvalue weighted by molar-refractivity contribution is -0.138.